The fourth-order valence-electron chi connectivity index (χ4n) is 2.24. The third-order valence-corrected chi connectivity index (χ3v) is 4.23. The standard InChI is InChI=1S/C19H20BrFN2O4/c1-11(2)22-19(25)12-8-9-15(26-3)18(17(12)20)27-10-16(24)23-14-7-5-4-6-13(14)21/h4-9,11H,10H2,1-3H3,(H,22,25)(H,23,24). The molecule has 0 aromatic heterocycles. The highest BCUT2D eigenvalue weighted by Crippen LogP contribution is 2.38. The molecule has 6 nitrogen and oxygen atoms in total. The number of hydrogen-bond acceptors (Lipinski definition) is 4. The van der Waals surface area contributed by atoms with Gasteiger partial charge in [-0.1, -0.05) is 12.1 Å². The monoisotopic (exact) mass is 438 g/mol. The van der Waals surface area contributed by atoms with Crippen LogP contribution in [0.2, 0.25) is 0 Å². The van der Waals surface area contributed by atoms with Gasteiger partial charge in [-0.2, -0.15) is 0 Å². The number of nitrogens with one attached hydrogen (secondary N) is 2. The van der Waals surface area contributed by atoms with Crippen LogP contribution in [0.4, 0.5) is 10.1 Å². The number of methoxy groups -OCH3 is 1. The summed E-state index contributed by atoms with van der Waals surface area (Å²) in [4.78, 5) is 24.4. The van der Waals surface area contributed by atoms with Crippen LogP contribution in [0.5, 0.6) is 11.5 Å². The molecule has 2 rings (SSSR count). The summed E-state index contributed by atoms with van der Waals surface area (Å²) in [5, 5.41) is 5.21. The Balaban J connectivity index is 2.15. The number of carbonyl (C=O) groups excluding carboxylic acids is 2. The van der Waals surface area contributed by atoms with E-state index in [1.807, 2.05) is 13.8 Å². The highest BCUT2D eigenvalue weighted by atomic mass is 79.9. The van der Waals surface area contributed by atoms with E-state index in [-0.39, 0.29) is 23.4 Å². The number of hydrogen-bond donors (Lipinski definition) is 2. The van der Waals surface area contributed by atoms with Gasteiger partial charge in [-0.15, -0.1) is 0 Å². The zero-order chi connectivity index (χ0) is 20.0. The number of para-hydroxylation sites is 1. The fourth-order valence-corrected chi connectivity index (χ4v) is 2.86. The van der Waals surface area contributed by atoms with Crippen molar-refractivity contribution < 1.29 is 23.5 Å². The molecule has 144 valence electrons. The van der Waals surface area contributed by atoms with E-state index < -0.39 is 18.3 Å². The highest BCUT2D eigenvalue weighted by Gasteiger charge is 2.20. The van der Waals surface area contributed by atoms with Crippen molar-refractivity contribution in [2.45, 2.75) is 19.9 Å². The lowest BCUT2D eigenvalue weighted by molar-refractivity contribution is -0.118. The van der Waals surface area contributed by atoms with E-state index in [0.717, 1.165) is 0 Å². The van der Waals surface area contributed by atoms with Crippen molar-refractivity contribution in [1.82, 2.24) is 5.32 Å². The first-order valence-corrected chi connectivity index (χ1v) is 8.97. The van der Waals surface area contributed by atoms with Gasteiger partial charge in [0, 0.05) is 6.04 Å². The molecule has 2 N–H and O–H groups in total. The maximum absolute atomic E-state index is 13.6. The van der Waals surface area contributed by atoms with E-state index in [1.54, 1.807) is 18.2 Å². The van der Waals surface area contributed by atoms with Gasteiger partial charge in [0.25, 0.3) is 11.8 Å². The van der Waals surface area contributed by atoms with Crippen molar-refractivity contribution in [2.75, 3.05) is 19.0 Å². The molecule has 2 amide bonds. The third kappa shape index (κ3) is 5.43. The molecule has 0 atom stereocenters. The molecular weight excluding hydrogens is 419 g/mol. The van der Waals surface area contributed by atoms with Crippen molar-refractivity contribution in [3.05, 3.63) is 52.3 Å². The van der Waals surface area contributed by atoms with Crippen LogP contribution in [0.25, 0.3) is 0 Å². The zero-order valence-electron chi connectivity index (χ0n) is 15.1. The second-order valence-electron chi connectivity index (χ2n) is 5.90. The Morgan fingerprint density at radius 3 is 2.52 bits per heavy atom. The van der Waals surface area contributed by atoms with Gasteiger partial charge < -0.3 is 20.1 Å². The molecule has 27 heavy (non-hydrogen) atoms. The normalized spacial score (nSPS) is 10.4. The third-order valence-electron chi connectivity index (χ3n) is 3.44. The van der Waals surface area contributed by atoms with Gasteiger partial charge in [0.2, 0.25) is 0 Å². The van der Waals surface area contributed by atoms with Gasteiger partial charge >= 0.3 is 0 Å². The van der Waals surface area contributed by atoms with E-state index in [2.05, 4.69) is 26.6 Å². The van der Waals surface area contributed by atoms with Crippen molar-refractivity contribution in [3.63, 3.8) is 0 Å². The number of ether oxygens (including phenoxy) is 2. The van der Waals surface area contributed by atoms with Crippen molar-refractivity contribution >= 4 is 33.4 Å². The Hall–Kier alpha value is -2.61. The summed E-state index contributed by atoms with van der Waals surface area (Å²) in [6.45, 7) is 3.30. The van der Waals surface area contributed by atoms with E-state index in [1.165, 1.54) is 25.3 Å². The molecule has 0 aliphatic carbocycles. The van der Waals surface area contributed by atoms with Gasteiger partial charge in [-0.25, -0.2) is 4.39 Å². The van der Waals surface area contributed by atoms with Crippen LogP contribution < -0.4 is 20.1 Å². The summed E-state index contributed by atoms with van der Waals surface area (Å²) >= 11 is 3.33. The number of halogens is 2. The quantitative estimate of drug-likeness (QED) is 0.689. The molecule has 0 bridgehead atoms. The number of anilines is 1. The first-order valence-electron chi connectivity index (χ1n) is 8.18. The van der Waals surface area contributed by atoms with Gasteiger partial charge in [0.05, 0.1) is 22.8 Å². The van der Waals surface area contributed by atoms with Crippen LogP contribution in [0.15, 0.2) is 40.9 Å². The van der Waals surface area contributed by atoms with Crippen LogP contribution in [-0.4, -0.2) is 31.6 Å². The number of carbonyl (C=O) groups is 2. The van der Waals surface area contributed by atoms with Gasteiger partial charge in [-0.3, -0.25) is 9.59 Å². The Labute approximate surface area is 165 Å². The van der Waals surface area contributed by atoms with E-state index in [4.69, 9.17) is 9.47 Å². The molecule has 0 aliphatic heterocycles. The molecule has 0 saturated heterocycles. The minimum atomic E-state index is -0.550. The van der Waals surface area contributed by atoms with E-state index in [9.17, 15) is 14.0 Å². The Morgan fingerprint density at radius 1 is 1.19 bits per heavy atom. The maximum atomic E-state index is 13.6. The lowest BCUT2D eigenvalue weighted by Crippen LogP contribution is -2.30. The van der Waals surface area contributed by atoms with Crippen LogP contribution in [0.3, 0.4) is 0 Å². The first-order chi connectivity index (χ1) is 12.8. The predicted octanol–water partition coefficient (Wildman–Crippen LogP) is 3.75. The largest absolute Gasteiger partial charge is 0.493 e. The van der Waals surface area contributed by atoms with Crippen LogP contribution in [-0.2, 0) is 4.79 Å². The summed E-state index contributed by atoms with van der Waals surface area (Å²) in [5.41, 5.74) is 0.399. The minimum absolute atomic E-state index is 0.0394. The summed E-state index contributed by atoms with van der Waals surface area (Å²) in [6, 6.07) is 8.94. The first kappa shape index (κ1) is 20.7. The zero-order valence-corrected chi connectivity index (χ0v) is 16.7. The van der Waals surface area contributed by atoms with Crippen molar-refractivity contribution in [2.24, 2.45) is 0 Å². The second-order valence-corrected chi connectivity index (χ2v) is 6.70. The molecule has 0 saturated carbocycles. The average molecular weight is 439 g/mol. The van der Waals surface area contributed by atoms with Crippen LogP contribution in [0, 0.1) is 5.82 Å². The minimum Gasteiger partial charge on any atom is -0.493 e. The molecular formula is C19H20BrFN2O4. The van der Waals surface area contributed by atoms with Crippen LogP contribution >= 0.6 is 15.9 Å². The average Bonchev–Trinajstić information content (AvgIpc) is 2.61. The second kappa shape index (κ2) is 9.36. The van der Waals surface area contributed by atoms with Gasteiger partial charge in [0.15, 0.2) is 18.1 Å². The Bertz CT molecular complexity index is 842. The molecule has 8 heteroatoms. The smallest absolute Gasteiger partial charge is 0.262 e. The number of benzene rings is 2. The van der Waals surface area contributed by atoms with Gasteiger partial charge in [0.1, 0.15) is 5.82 Å². The predicted molar refractivity (Wildman–Crippen MR) is 104 cm³/mol. The molecule has 0 aliphatic rings. The van der Waals surface area contributed by atoms with Crippen molar-refractivity contribution in [3.8, 4) is 11.5 Å². The Kier molecular flexibility index (Phi) is 7.18. The van der Waals surface area contributed by atoms with Crippen LogP contribution in [0.1, 0.15) is 24.2 Å². The number of amides is 2. The molecule has 0 spiro atoms. The Morgan fingerprint density at radius 2 is 1.89 bits per heavy atom. The van der Waals surface area contributed by atoms with Crippen molar-refractivity contribution in [1.29, 1.82) is 0 Å². The molecule has 2 aromatic rings. The topological polar surface area (TPSA) is 76.7 Å². The molecule has 2 aromatic carbocycles. The highest BCUT2D eigenvalue weighted by molar-refractivity contribution is 9.10. The lowest BCUT2D eigenvalue weighted by Gasteiger charge is -2.16. The molecule has 0 fully saturated rings. The fraction of sp³-hybridized carbons (Fsp3) is 0.263. The lowest BCUT2D eigenvalue weighted by atomic mass is 10.1. The summed E-state index contributed by atoms with van der Waals surface area (Å²) in [5.74, 6) is -0.831. The summed E-state index contributed by atoms with van der Waals surface area (Å²) in [6.07, 6.45) is 0. The van der Waals surface area contributed by atoms with Gasteiger partial charge in [-0.05, 0) is 54.0 Å². The summed E-state index contributed by atoms with van der Waals surface area (Å²) in [7, 11) is 1.45. The van der Waals surface area contributed by atoms with E-state index in [0.29, 0.717) is 15.8 Å². The summed E-state index contributed by atoms with van der Waals surface area (Å²) < 4.78 is 24.7. The van der Waals surface area contributed by atoms with E-state index >= 15 is 0 Å². The SMILES string of the molecule is COc1ccc(C(=O)NC(C)C)c(Br)c1OCC(=O)Nc1ccccc1F. The molecule has 0 radical (unpaired) electrons. The number of rotatable bonds is 7. The molecule has 0 unspecified atom stereocenters. The maximum Gasteiger partial charge on any atom is 0.262 e. The molecule has 0 heterocycles.